The number of aromatic nitrogens is 2. The molecule has 0 unspecified atom stereocenters. The Bertz CT molecular complexity index is 1190. The van der Waals surface area contributed by atoms with Crippen LogP contribution in [0, 0.1) is 0 Å². The smallest absolute Gasteiger partial charge is 0.313 e. The molecule has 2 heterocycles. The predicted octanol–water partition coefficient (Wildman–Crippen LogP) is 4.20. The molecule has 0 bridgehead atoms. The van der Waals surface area contributed by atoms with E-state index in [2.05, 4.69) is 15.5 Å². The predicted molar refractivity (Wildman–Crippen MR) is 105 cm³/mol. The molecule has 0 atom stereocenters. The van der Waals surface area contributed by atoms with Crippen molar-refractivity contribution in [2.24, 2.45) is 0 Å². The number of hydrogen-bond donors (Lipinski definition) is 2. The SMILES string of the molecule is Nc1ccccc1-c1nnc(C(=O)Nc2ccc3oc4c(c3c2)CCCC4)o1. The Kier molecular flexibility index (Phi) is 3.86. The Hall–Kier alpha value is -3.61. The van der Waals surface area contributed by atoms with Crippen molar-refractivity contribution in [2.45, 2.75) is 25.7 Å². The van der Waals surface area contributed by atoms with Crippen LogP contribution in [0.5, 0.6) is 0 Å². The number of amides is 1. The third-order valence-electron chi connectivity index (χ3n) is 5.02. The van der Waals surface area contributed by atoms with Crippen LogP contribution < -0.4 is 11.1 Å². The number of para-hydroxylation sites is 1. The van der Waals surface area contributed by atoms with Crippen molar-refractivity contribution in [1.29, 1.82) is 0 Å². The first-order valence-electron chi connectivity index (χ1n) is 9.23. The molecule has 0 saturated heterocycles. The summed E-state index contributed by atoms with van der Waals surface area (Å²) in [6.07, 6.45) is 4.29. The summed E-state index contributed by atoms with van der Waals surface area (Å²) < 4.78 is 11.4. The zero-order chi connectivity index (χ0) is 19.1. The molecule has 5 rings (SSSR count). The second-order valence-corrected chi connectivity index (χ2v) is 6.88. The molecule has 0 radical (unpaired) electrons. The number of rotatable bonds is 3. The summed E-state index contributed by atoms with van der Waals surface area (Å²) in [6.45, 7) is 0. The molecular formula is C21H18N4O3. The zero-order valence-electron chi connectivity index (χ0n) is 15.1. The molecule has 2 aromatic carbocycles. The van der Waals surface area contributed by atoms with E-state index in [0.29, 0.717) is 16.9 Å². The summed E-state index contributed by atoms with van der Waals surface area (Å²) in [6, 6.07) is 12.8. The minimum Gasteiger partial charge on any atom is -0.461 e. The van der Waals surface area contributed by atoms with Crippen LogP contribution in [0.4, 0.5) is 11.4 Å². The first-order chi connectivity index (χ1) is 13.7. The summed E-state index contributed by atoms with van der Waals surface area (Å²) in [5.41, 5.74) is 9.78. The first kappa shape index (κ1) is 16.6. The summed E-state index contributed by atoms with van der Waals surface area (Å²) in [5.74, 6) is 0.687. The molecule has 28 heavy (non-hydrogen) atoms. The van der Waals surface area contributed by atoms with E-state index >= 15 is 0 Å². The van der Waals surface area contributed by atoms with Crippen LogP contribution in [0.2, 0.25) is 0 Å². The maximum absolute atomic E-state index is 12.5. The van der Waals surface area contributed by atoms with Gasteiger partial charge >= 0.3 is 11.8 Å². The second kappa shape index (κ2) is 6.53. The highest BCUT2D eigenvalue weighted by molar-refractivity contribution is 6.02. The minimum absolute atomic E-state index is 0.118. The van der Waals surface area contributed by atoms with E-state index in [1.54, 1.807) is 12.1 Å². The lowest BCUT2D eigenvalue weighted by atomic mass is 9.96. The minimum atomic E-state index is -0.468. The summed E-state index contributed by atoms with van der Waals surface area (Å²) in [5, 5.41) is 11.7. The van der Waals surface area contributed by atoms with Crippen molar-refractivity contribution in [1.82, 2.24) is 10.2 Å². The monoisotopic (exact) mass is 374 g/mol. The fraction of sp³-hybridized carbons (Fsp3) is 0.190. The van der Waals surface area contributed by atoms with E-state index < -0.39 is 5.91 Å². The highest BCUT2D eigenvalue weighted by atomic mass is 16.4. The lowest BCUT2D eigenvalue weighted by Gasteiger charge is -2.08. The lowest BCUT2D eigenvalue weighted by molar-refractivity contribution is 0.0991. The number of carbonyl (C=O) groups excluding carboxylic acids is 1. The molecule has 4 aromatic rings. The number of furan rings is 1. The van der Waals surface area contributed by atoms with Crippen LogP contribution in [0.15, 0.2) is 51.3 Å². The standard InChI is InChI=1S/C21H18N4O3/c22-16-7-3-1-6-14(16)20-24-25-21(28-20)19(26)23-12-9-10-18-15(11-12)13-5-2-4-8-17(13)27-18/h1,3,6-7,9-11H,2,4-5,8,22H2,(H,23,26). The normalized spacial score (nSPS) is 13.4. The largest absolute Gasteiger partial charge is 0.461 e. The molecule has 7 nitrogen and oxygen atoms in total. The molecule has 0 saturated carbocycles. The first-order valence-corrected chi connectivity index (χ1v) is 9.23. The third kappa shape index (κ3) is 2.81. The van der Waals surface area contributed by atoms with E-state index in [9.17, 15) is 4.79 Å². The van der Waals surface area contributed by atoms with Crippen molar-refractivity contribution < 1.29 is 13.6 Å². The highest BCUT2D eigenvalue weighted by Gasteiger charge is 2.20. The molecule has 140 valence electrons. The van der Waals surface area contributed by atoms with E-state index in [4.69, 9.17) is 14.6 Å². The number of fused-ring (bicyclic) bond motifs is 3. The number of nitrogens with zero attached hydrogens (tertiary/aromatic N) is 2. The molecule has 1 aliphatic carbocycles. The van der Waals surface area contributed by atoms with Gasteiger partial charge in [0.1, 0.15) is 11.3 Å². The summed E-state index contributed by atoms with van der Waals surface area (Å²) in [7, 11) is 0. The van der Waals surface area contributed by atoms with Crippen LogP contribution in [0.1, 0.15) is 34.9 Å². The van der Waals surface area contributed by atoms with Gasteiger partial charge in [-0.25, -0.2) is 0 Å². The molecule has 3 N–H and O–H groups in total. The van der Waals surface area contributed by atoms with Gasteiger partial charge < -0.3 is 19.9 Å². The van der Waals surface area contributed by atoms with E-state index in [-0.39, 0.29) is 11.8 Å². The van der Waals surface area contributed by atoms with Gasteiger partial charge in [0.05, 0.1) is 5.56 Å². The van der Waals surface area contributed by atoms with E-state index in [1.165, 1.54) is 5.56 Å². The molecule has 1 aliphatic rings. The van der Waals surface area contributed by atoms with Gasteiger partial charge in [0.2, 0.25) is 5.89 Å². The van der Waals surface area contributed by atoms with Gasteiger partial charge in [0, 0.05) is 28.7 Å². The summed E-state index contributed by atoms with van der Waals surface area (Å²) >= 11 is 0. The fourth-order valence-corrected chi connectivity index (χ4v) is 3.64. The Morgan fingerprint density at radius 2 is 1.89 bits per heavy atom. The van der Waals surface area contributed by atoms with Crippen molar-refractivity contribution in [3.63, 3.8) is 0 Å². The van der Waals surface area contributed by atoms with E-state index in [1.807, 2.05) is 30.3 Å². The van der Waals surface area contributed by atoms with Crippen molar-refractivity contribution in [3.8, 4) is 11.5 Å². The third-order valence-corrected chi connectivity index (χ3v) is 5.02. The number of benzene rings is 2. The molecule has 0 aliphatic heterocycles. The fourth-order valence-electron chi connectivity index (χ4n) is 3.64. The van der Waals surface area contributed by atoms with Gasteiger partial charge in [-0.3, -0.25) is 4.79 Å². The Balaban J connectivity index is 1.41. The molecule has 0 fully saturated rings. The number of hydrogen-bond acceptors (Lipinski definition) is 6. The van der Waals surface area contributed by atoms with Crippen molar-refractivity contribution in [3.05, 3.63) is 59.7 Å². The number of anilines is 2. The van der Waals surface area contributed by atoms with Gasteiger partial charge in [0.25, 0.3) is 0 Å². The van der Waals surface area contributed by atoms with Crippen LogP contribution in [-0.4, -0.2) is 16.1 Å². The summed E-state index contributed by atoms with van der Waals surface area (Å²) in [4.78, 5) is 12.5. The van der Waals surface area contributed by atoms with Gasteiger partial charge in [-0.2, -0.15) is 0 Å². The zero-order valence-corrected chi connectivity index (χ0v) is 15.1. The average molecular weight is 374 g/mol. The molecule has 7 heteroatoms. The number of nitrogens with two attached hydrogens (primary N) is 1. The van der Waals surface area contributed by atoms with Crippen molar-refractivity contribution >= 4 is 28.3 Å². The number of carbonyl (C=O) groups is 1. The highest BCUT2D eigenvalue weighted by Crippen LogP contribution is 2.33. The van der Waals surface area contributed by atoms with Gasteiger partial charge in [-0.05, 0) is 49.6 Å². The molecular weight excluding hydrogens is 356 g/mol. The van der Waals surface area contributed by atoms with Crippen LogP contribution >= 0.6 is 0 Å². The maximum atomic E-state index is 12.5. The number of nitrogens with one attached hydrogen (secondary N) is 1. The van der Waals surface area contributed by atoms with Crippen LogP contribution in [0.3, 0.4) is 0 Å². The topological polar surface area (TPSA) is 107 Å². The Morgan fingerprint density at radius 1 is 1.04 bits per heavy atom. The molecule has 2 aromatic heterocycles. The second-order valence-electron chi connectivity index (χ2n) is 6.88. The molecule has 0 spiro atoms. The van der Waals surface area contributed by atoms with Crippen LogP contribution in [0.25, 0.3) is 22.4 Å². The van der Waals surface area contributed by atoms with Gasteiger partial charge in [0.15, 0.2) is 0 Å². The molecule has 1 amide bonds. The average Bonchev–Trinajstić information content (AvgIpc) is 3.33. The number of nitrogen functional groups attached to an aromatic ring is 1. The Labute approximate surface area is 160 Å². The number of aryl methyl sites for hydroxylation is 2. The van der Waals surface area contributed by atoms with Crippen LogP contribution in [-0.2, 0) is 12.8 Å². The maximum Gasteiger partial charge on any atom is 0.313 e. The van der Waals surface area contributed by atoms with Gasteiger partial charge in [-0.15, -0.1) is 10.2 Å². The van der Waals surface area contributed by atoms with E-state index in [0.717, 1.165) is 42.4 Å². The lowest BCUT2D eigenvalue weighted by Crippen LogP contribution is -2.12. The Morgan fingerprint density at radius 3 is 2.79 bits per heavy atom. The quantitative estimate of drug-likeness (QED) is 0.521. The van der Waals surface area contributed by atoms with Gasteiger partial charge in [-0.1, -0.05) is 12.1 Å². The van der Waals surface area contributed by atoms with Crippen molar-refractivity contribution in [2.75, 3.05) is 11.1 Å².